The summed E-state index contributed by atoms with van der Waals surface area (Å²) < 4.78 is 26.6. The zero-order valence-corrected chi connectivity index (χ0v) is 12.6. The van der Waals surface area contributed by atoms with Gasteiger partial charge in [-0.15, -0.1) is 0 Å². The van der Waals surface area contributed by atoms with Gasteiger partial charge in [0, 0.05) is 12.6 Å². The van der Waals surface area contributed by atoms with Crippen LogP contribution in [0, 0.1) is 34.8 Å². The molecule has 0 unspecified atom stereocenters. The minimum Gasteiger partial charge on any atom is -0.351 e. The van der Waals surface area contributed by atoms with Gasteiger partial charge in [-0.05, 0) is 73.8 Å². The van der Waals surface area contributed by atoms with Gasteiger partial charge in [-0.25, -0.2) is 8.78 Å². The molecule has 1 amide bonds. The lowest BCUT2D eigenvalue weighted by Gasteiger charge is -2.56. The van der Waals surface area contributed by atoms with Crippen molar-refractivity contribution < 1.29 is 13.6 Å². The molecule has 0 aromatic heterocycles. The number of amides is 1. The average Bonchev–Trinajstić information content (AvgIpc) is 2.43. The second-order valence-electron chi connectivity index (χ2n) is 7.72. The van der Waals surface area contributed by atoms with Crippen LogP contribution in [0.15, 0.2) is 18.2 Å². The number of carbonyl (C=O) groups excluding carboxylic acids is 1. The fraction of sp³-hybridized carbons (Fsp3) is 0.611. The van der Waals surface area contributed by atoms with Gasteiger partial charge in [-0.1, -0.05) is 0 Å². The highest BCUT2D eigenvalue weighted by Crippen LogP contribution is 2.59. The van der Waals surface area contributed by atoms with Crippen LogP contribution in [0.4, 0.5) is 8.78 Å². The predicted molar refractivity (Wildman–Crippen MR) is 79.3 cm³/mol. The standard InChI is InChI=1S/C18H21F2NO/c19-14-1-2-15(16(20)6-14)17(22)21-10-18-7-11-3-12(8-18)5-13(4-11)9-18/h1-2,6,11-13H,3-5,7-10H2,(H,21,22). The summed E-state index contributed by atoms with van der Waals surface area (Å²) in [7, 11) is 0. The molecule has 4 heteroatoms. The van der Waals surface area contributed by atoms with Gasteiger partial charge in [0.05, 0.1) is 5.56 Å². The van der Waals surface area contributed by atoms with Crippen LogP contribution < -0.4 is 5.32 Å². The Morgan fingerprint density at radius 3 is 2.23 bits per heavy atom. The maximum absolute atomic E-state index is 13.7. The first kappa shape index (κ1) is 14.2. The minimum atomic E-state index is -0.789. The van der Waals surface area contributed by atoms with Gasteiger partial charge < -0.3 is 5.32 Å². The Bertz CT molecular complexity index is 578. The van der Waals surface area contributed by atoms with E-state index in [1.165, 1.54) is 44.6 Å². The molecule has 0 radical (unpaired) electrons. The molecule has 1 aromatic carbocycles. The molecule has 0 spiro atoms. The van der Waals surface area contributed by atoms with E-state index in [0.717, 1.165) is 29.9 Å². The highest BCUT2D eigenvalue weighted by Gasteiger charge is 2.50. The molecule has 118 valence electrons. The largest absolute Gasteiger partial charge is 0.351 e. The summed E-state index contributed by atoms with van der Waals surface area (Å²) in [5, 5.41) is 2.91. The van der Waals surface area contributed by atoms with Gasteiger partial charge in [-0.3, -0.25) is 4.79 Å². The fourth-order valence-corrected chi connectivity index (χ4v) is 5.54. The van der Waals surface area contributed by atoms with Crippen LogP contribution in [0.3, 0.4) is 0 Å². The van der Waals surface area contributed by atoms with E-state index in [1.54, 1.807) is 0 Å². The van der Waals surface area contributed by atoms with E-state index in [9.17, 15) is 13.6 Å². The maximum atomic E-state index is 13.7. The van der Waals surface area contributed by atoms with Gasteiger partial charge in [0.1, 0.15) is 11.6 Å². The number of nitrogens with one attached hydrogen (secondary N) is 1. The first-order valence-corrected chi connectivity index (χ1v) is 8.26. The van der Waals surface area contributed by atoms with Crippen LogP contribution in [0.1, 0.15) is 48.9 Å². The van der Waals surface area contributed by atoms with Crippen LogP contribution >= 0.6 is 0 Å². The predicted octanol–water partition coefficient (Wildman–Crippen LogP) is 3.91. The van der Waals surface area contributed by atoms with Crippen molar-refractivity contribution in [1.29, 1.82) is 0 Å². The molecule has 0 atom stereocenters. The third-order valence-corrected chi connectivity index (χ3v) is 5.96. The average molecular weight is 305 g/mol. The van der Waals surface area contributed by atoms with Gasteiger partial charge in [-0.2, -0.15) is 0 Å². The monoisotopic (exact) mass is 305 g/mol. The third kappa shape index (κ3) is 2.42. The smallest absolute Gasteiger partial charge is 0.254 e. The SMILES string of the molecule is O=C(NCC12CC3CC(CC(C3)C1)C2)c1ccc(F)cc1F. The van der Waals surface area contributed by atoms with Gasteiger partial charge in [0.25, 0.3) is 5.91 Å². The molecule has 0 heterocycles. The number of hydrogen-bond donors (Lipinski definition) is 1. The van der Waals surface area contributed by atoms with Crippen molar-refractivity contribution in [3.8, 4) is 0 Å². The van der Waals surface area contributed by atoms with Crippen LogP contribution in [-0.2, 0) is 0 Å². The summed E-state index contributed by atoms with van der Waals surface area (Å²) in [5.74, 6) is 0.605. The van der Waals surface area contributed by atoms with Crippen LogP contribution in [-0.4, -0.2) is 12.5 Å². The number of rotatable bonds is 3. The van der Waals surface area contributed by atoms with Gasteiger partial charge in [0.15, 0.2) is 0 Å². The van der Waals surface area contributed by atoms with Crippen molar-refractivity contribution in [3.63, 3.8) is 0 Å². The van der Waals surface area contributed by atoms with E-state index in [0.29, 0.717) is 6.54 Å². The molecule has 4 aliphatic rings. The maximum Gasteiger partial charge on any atom is 0.254 e. The molecular formula is C18H21F2NO. The minimum absolute atomic E-state index is 0.0638. The molecule has 22 heavy (non-hydrogen) atoms. The van der Waals surface area contributed by atoms with Crippen LogP contribution in [0.2, 0.25) is 0 Å². The second-order valence-corrected chi connectivity index (χ2v) is 7.72. The lowest BCUT2D eigenvalue weighted by atomic mass is 9.49. The van der Waals surface area contributed by atoms with E-state index in [1.807, 2.05) is 0 Å². The topological polar surface area (TPSA) is 29.1 Å². The van der Waals surface area contributed by atoms with Crippen molar-refractivity contribution in [3.05, 3.63) is 35.4 Å². The Balaban J connectivity index is 1.45. The summed E-state index contributed by atoms with van der Waals surface area (Å²) in [6, 6.07) is 3.11. The van der Waals surface area contributed by atoms with Crippen molar-refractivity contribution in [2.75, 3.05) is 6.54 Å². The molecule has 4 fully saturated rings. The van der Waals surface area contributed by atoms with Crippen molar-refractivity contribution >= 4 is 5.91 Å². The first-order chi connectivity index (χ1) is 10.5. The highest BCUT2D eigenvalue weighted by molar-refractivity contribution is 5.94. The number of carbonyl (C=O) groups is 1. The Morgan fingerprint density at radius 2 is 1.68 bits per heavy atom. The molecule has 0 aliphatic heterocycles. The Labute approximate surface area is 129 Å². The normalized spacial score (nSPS) is 35.6. The third-order valence-electron chi connectivity index (χ3n) is 5.96. The lowest BCUT2D eigenvalue weighted by molar-refractivity contribution is -0.0503. The lowest BCUT2D eigenvalue weighted by Crippen LogP contribution is -2.51. The summed E-state index contributed by atoms with van der Waals surface area (Å²) in [5.41, 5.74) is 0.159. The van der Waals surface area contributed by atoms with E-state index in [-0.39, 0.29) is 11.0 Å². The molecule has 2 nitrogen and oxygen atoms in total. The Hall–Kier alpha value is -1.45. The van der Waals surface area contributed by atoms with Crippen molar-refractivity contribution in [2.24, 2.45) is 23.2 Å². The van der Waals surface area contributed by atoms with E-state index >= 15 is 0 Å². The fourth-order valence-electron chi connectivity index (χ4n) is 5.54. The summed E-state index contributed by atoms with van der Waals surface area (Å²) in [6.45, 7) is 0.631. The second kappa shape index (κ2) is 5.04. The first-order valence-electron chi connectivity index (χ1n) is 8.26. The number of hydrogen-bond acceptors (Lipinski definition) is 1. The zero-order chi connectivity index (χ0) is 15.3. The van der Waals surface area contributed by atoms with Crippen molar-refractivity contribution in [2.45, 2.75) is 38.5 Å². The summed E-state index contributed by atoms with van der Waals surface area (Å²) in [4.78, 5) is 12.2. The quantitative estimate of drug-likeness (QED) is 0.901. The van der Waals surface area contributed by atoms with E-state index in [4.69, 9.17) is 0 Å². The molecule has 0 saturated heterocycles. The molecule has 5 rings (SSSR count). The van der Waals surface area contributed by atoms with Crippen LogP contribution in [0.25, 0.3) is 0 Å². The molecule has 4 bridgehead atoms. The highest BCUT2D eigenvalue weighted by atomic mass is 19.1. The van der Waals surface area contributed by atoms with Crippen LogP contribution in [0.5, 0.6) is 0 Å². The van der Waals surface area contributed by atoms with E-state index in [2.05, 4.69) is 5.32 Å². The summed E-state index contributed by atoms with van der Waals surface area (Å²) >= 11 is 0. The summed E-state index contributed by atoms with van der Waals surface area (Å²) in [6.07, 6.45) is 7.68. The number of benzene rings is 1. The van der Waals surface area contributed by atoms with E-state index < -0.39 is 17.5 Å². The molecule has 1 aromatic rings. The van der Waals surface area contributed by atoms with Gasteiger partial charge >= 0.3 is 0 Å². The molecule has 4 saturated carbocycles. The van der Waals surface area contributed by atoms with Crippen molar-refractivity contribution in [1.82, 2.24) is 5.32 Å². The van der Waals surface area contributed by atoms with Gasteiger partial charge in [0.2, 0.25) is 0 Å². The zero-order valence-electron chi connectivity index (χ0n) is 12.6. The Kier molecular flexibility index (Phi) is 3.24. The molecular weight excluding hydrogens is 284 g/mol. The number of halogens is 2. The molecule has 4 aliphatic carbocycles. The Morgan fingerprint density at radius 1 is 1.09 bits per heavy atom. The molecule has 1 N–H and O–H groups in total.